The molecule has 2 amide bonds. The van der Waals surface area contributed by atoms with Crippen LogP contribution in [0.3, 0.4) is 0 Å². The first-order chi connectivity index (χ1) is 14.4. The van der Waals surface area contributed by atoms with Gasteiger partial charge in [0, 0.05) is 0 Å². The van der Waals surface area contributed by atoms with E-state index in [1.165, 1.54) is 33.5 Å². The number of carbonyl (C=O) groups excluding carboxylic acids is 2. The van der Waals surface area contributed by atoms with E-state index in [-0.39, 0.29) is 15.6 Å². The van der Waals surface area contributed by atoms with Crippen molar-refractivity contribution in [3.05, 3.63) is 52.4 Å². The van der Waals surface area contributed by atoms with Crippen LogP contribution in [0.25, 0.3) is 6.08 Å². The zero-order valence-corrected chi connectivity index (χ0v) is 17.9. The van der Waals surface area contributed by atoms with E-state index in [1.807, 2.05) is 0 Å². The summed E-state index contributed by atoms with van der Waals surface area (Å²) in [6.07, 6.45) is 1.61. The molecule has 3 rings (SSSR count). The number of rotatable bonds is 6. The van der Waals surface area contributed by atoms with Gasteiger partial charge >= 0.3 is 0 Å². The average Bonchev–Trinajstić information content (AvgIpc) is 3.00. The second-order valence-electron chi connectivity index (χ2n) is 5.93. The minimum atomic E-state index is -0.654. The second-order valence-corrected chi connectivity index (χ2v) is 7.61. The number of aromatic hydroxyl groups is 1. The molecule has 0 aliphatic carbocycles. The summed E-state index contributed by atoms with van der Waals surface area (Å²) in [4.78, 5) is 25.5. The number of carbonyl (C=O) groups is 2. The molecular weight excluding hydrogens is 428 g/mol. The zero-order valence-electron chi connectivity index (χ0n) is 16.3. The number of thioether (sulfide) groups is 1. The maximum atomic E-state index is 12.8. The van der Waals surface area contributed by atoms with Gasteiger partial charge < -0.3 is 19.3 Å². The molecule has 1 fully saturated rings. The second kappa shape index (κ2) is 9.06. The highest BCUT2D eigenvalue weighted by Gasteiger charge is 2.34. The molecular formula is C20H18N2O6S2. The quantitative estimate of drug-likeness (QED) is 0.516. The number of thiocarbonyl (C=S) groups is 1. The molecule has 0 unspecified atom stereocenters. The first-order valence-electron chi connectivity index (χ1n) is 8.56. The molecule has 0 bridgehead atoms. The molecule has 8 nitrogen and oxygen atoms in total. The summed E-state index contributed by atoms with van der Waals surface area (Å²) >= 11 is 6.26. The Labute approximate surface area is 182 Å². The van der Waals surface area contributed by atoms with Crippen LogP contribution in [0.5, 0.6) is 23.0 Å². The van der Waals surface area contributed by atoms with Crippen LogP contribution in [0, 0.1) is 0 Å². The van der Waals surface area contributed by atoms with Gasteiger partial charge in [-0.15, -0.1) is 0 Å². The standard InChI is InChI=1S/C20H18N2O6S2/c1-26-14-8-11(9-15(27-2)17(14)28-3)10-16-19(25)22(20(29)30-16)21-18(24)12-6-4-5-7-13(12)23/h4-10,23H,1-3H3,(H,21,24)/b16-10+. The lowest BCUT2D eigenvalue weighted by Crippen LogP contribution is -2.44. The van der Waals surface area contributed by atoms with Crippen molar-refractivity contribution >= 4 is 46.2 Å². The summed E-state index contributed by atoms with van der Waals surface area (Å²) in [6.45, 7) is 0. The van der Waals surface area contributed by atoms with E-state index in [0.717, 1.165) is 16.8 Å². The van der Waals surface area contributed by atoms with Crippen molar-refractivity contribution in [1.29, 1.82) is 0 Å². The molecule has 156 valence electrons. The van der Waals surface area contributed by atoms with Crippen LogP contribution in [-0.2, 0) is 4.79 Å². The summed E-state index contributed by atoms with van der Waals surface area (Å²) in [6, 6.07) is 9.38. The summed E-state index contributed by atoms with van der Waals surface area (Å²) in [5.74, 6) is -0.0492. The monoisotopic (exact) mass is 446 g/mol. The Kier molecular flexibility index (Phi) is 6.48. The molecule has 10 heteroatoms. The fourth-order valence-corrected chi connectivity index (χ4v) is 3.91. The molecule has 1 saturated heterocycles. The lowest BCUT2D eigenvalue weighted by Gasteiger charge is -2.16. The number of hydrazine groups is 1. The Morgan fingerprint density at radius 1 is 1.13 bits per heavy atom. The minimum absolute atomic E-state index is 0.0279. The summed E-state index contributed by atoms with van der Waals surface area (Å²) < 4.78 is 16.1. The van der Waals surface area contributed by atoms with Crippen molar-refractivity contribution in [3.63, 3.8) is 0 Å². The van der Waals surface area contributed by atoms with E-state index < -0.39 is 11.8 Å². The predicted octanol–water partition coefficient (Wildman–Crippen LogP) is 2.96. The highest BCUT2D eigenvalue weighted by atomic mass is 32.2. The number of nitrogens with zero attached hydrogens (tertiary/aromatic N) is 1. The van der Waals surface area contributed by atoms with Gasteiger partial charge in [0.05, 0.1) is 31.8 Å². The molecule has 2 aromatic rings. The van der Waals surface area contributed by atoms with Gasteiger partial charge in [-0.3, -0.25) is 15.0 Å². The third-order valence-electron chi connectivity index (χ3n) is 4.14. The van der Waals surface area contributed by atoms with Crippen molar-refractivity contribution in [2.24, 2.45) is 0 Å². The van der Waals surface area contributed by atoms with Crippen LogP contribution < -0.4 is 19.6 Å². The molecule has 0 radical (unpaired) electrons. The highest BCUT2D eigenvalue weighted by Crippen LogP contribution is 2.40. The number of hydrogen-bond donors (Lipinski definition) is 2. The van der Waals surface area contributed by atoms with Crippen LogP contribution in [0.15, 0.2) is 41.3 Å². The SMILES string of the molecule is COc1cc(/C=C2/SC(=S)N(NC(=O)c3ccccc3O)C2=O)cc(OC)c1OC. The van der Waals surface area contributed by atoms with Gasteiger partial charge in [-0.2, -0.15) is 5.01 Å². The number of amides is 2. The van der Waals surface area contributed by atoms with Gasteiger partial charge in [0.25, 0.3) is 11.8 Å². The number of hydrogen-bond acceptors (Lipinski definition) is 8. The molecule has 2 N–H and O–H groups in total. The predicted molar refractivity (Wildman–Crippen MR) is 117 cm³/mol. The Hall–Kier alpha value is -3.24. The van der Waals surface area contributed by atoms with Crippen molar-refractivity contribution < 1.29 is 28.9 Å². The van der Waals surface area contributed by atoms with Crippen LogP contribution >= 0.6 is 24.0 Å². The Balaban J connectivity index is 1.86. The summed E-state index contributed by atoms with van der Waals surface area (Å²) in [7, 11) is 4.49. The topological polar surface area (TPSA) is 97.3 Å². The fourth-order valence-electron chi connectivity index (χ4n) is 2.73. The normalized spacial score (nSPS) is 14.8. The van der Waals surface area contributed by atoms with Crippen molar-refractivity contribution in [1.82, 2.24) is 10.4 Å². The molecule has 0 spiro atoms. The molecule has 0 aromatic heterocycles. The highest BCUT2D eigenvalue weighted by molar-refractivity contribution is 8.26. The van der Waals surface area contributed by atoms with Gasteiger partial charge in [-0.25, -0.2) is 0 Å². The third kappa shape index (κ3) is 4.19. The van der Waals surface area contributed by atoms with Gasteiger partial charge in [-0.05, 0) is 48.1 Å². The molecule has 2 aromatic carbocycles. The van der Waals surface area contributed by atoms with Crippen LogP contribution in [-0.4, -0.2) is 47.6 Å². The lowest BCUT2D eigenvalue weighted by molar-refractivity contribution is -0.123. The zero-order chi connectivity index (χ0) is 21.8. The number of nitrogens with one attached hydrogen (secondary N) is 1. The number of ether oxygens (including phenoxy) is 3. The Morgan fingerprint density at radius 2 is 1.77 bits per heavy atom. The van der Waals surface area contributed by atoms with Gasteiger partial charge in [0.15, 0.2) is 15.8 Å². The lowest BCUT2D eigenvalue weighted by atomic mass is 10.1. The third-order valence-corrected chi connectivity index (χ3v) is 5.44. The van der Waals surface area contributed by atoms with Crippen molar-refractivity contribution in [3.8, 4) is 23.0 Å². The number of para-hydroxylation sites is 1. The average molecular weight is 447 g/mol. The molecule has 1 aliphatic rings. The number of phenolic OH excluding ortho intramolecular Hbond substituents is 1. The maximum absolute atomic E-state index is 12.8. The smallest absolute Gasteiger partial charge is 0.285 e. The fraction of sp³-hybridized carbons (Fsp3) is 0.150. The molecule has 0 saturated carbocycles. The van der Waals surface area contributed by atoms with Crippen molar-refractivity contribution in [2.75, 3.05) is 21.3 Å². The van der Waals surface area contributed by atoms with E-state index in [2.05, 4.69) is 5.43 Å². The first kappa shape index (κ1) is 21.5. The Bertz CT molecular complexity index is 1030. The van der Waals surface area contributed by atoms with Crippen LogP contribution in [0.4, 0.5) is 0 Å². The van der Waals surface area contributed by atoms with Crippen molar-refractivity contribution in [2.45, 2.75) is 0 Å². The number of methoxy groups -OCH3 is 3. The number of benzene rings is 2. The van der Waals surface area contributed by atoms with Crippen LogP contribution in [0.1, 0.15) is 15.9 Å². The number of phenols is 1. The van der Waals surface area contributed by atoms with E-state index in [0.29, 0.717) is 27.7 Å². The first-order valence-corrected chi connectivity index (χ1v) is 9.79. The minimum Gasteiger partial charge on any atom is -0.507 e. The molecule has 1 aliphatic heterocycles. The molecule has 0 atom stereocenters. The largest absolute Gasteiger partial charge is 0.507 e. The van der Waals surface area contributed by atoms with E-state index >= 15 is 0 Å². The van der Waals surface area contributed by atoms with Gasteiger partial charge in [0.1, 0.15) is 5.75 Å². The maximum Gasteiger partial charge on any atom is 0.285 e. The summed E-state index contributed by atoms with van der Waals surface area (Å²) in [5.41, 5.74) is 3.08. The molecule has 1 heterocycles. The van der Waals surface area contributed by atoms with Gasteiger partial charge in [0.2, 0.25) is 5.75 Å². The van der Waals surface area contributed by atoms with E-state index in [4.69, 9.17) is 26.4 Å². The Morgan fingerprint density at radius 3 is 2.33 bits per heavy atom. The van der Waals surface area contributed by atoms with Gasteiger partial charge in [-0.1, -0.05) is 23.9 Å². The van der Waals surface area contributed by atoms with E-state index in [9.17, 15) is 14.7 Å². The summed E-state index contributed by atoms with van der Waals surface area (Å²) in [5, 5.41) is 10.8. The van der Waals surface area contributed by atoms with Crippen LogP contribution in [0.2, 0.25) is 0 Å². The van der Waals surface area contributed by atoms with E-state index in [1.54, 1.807) is 30.3 Å². The molecule has 30 heavy (non-hydrogen) atoms.